The molecule has 0 aromatic heterocycles. The molecule has 2 saturated heterocycles. The molecule has 2 aliphatic heterocycles. The maximum Gasteiger partial charge on any atom is 0.129 e. The number of rotatable bonds is 2. The Morgan fingerprint density at radius 3 is 2.60 bits per heavy atom. The van der Waals surface area contributed by atoms with E-state index in [9.17, 15) is 8.78 Å². The highest BCUT2D eigenvalue weighted by Gasteiger charge is 2.36. The molecular weight excluding hydrogens is 260 g/mol. The molecule has 1 aromatic carbocycles. The number of benzene rings is 1. The highest BCUT2D eigenvalue weighted by molar-refractivity contribution is 5.25. The van der Waals surface area contributed by atoms with Crippen molar-refractivity contribution in [3.05, 3.63) is 35.4 Å². The fraction of sp³-hybridized carbons (Fsp3) is 0.625. The van der Waals surface area contributed by atoms with Crippen LogP contribution in [0.25, 0.3) is 0 Å². The van der Waals surface area contributed by atoms with Crippen LogP contribution in [0.3, 0.4) is 0 Å². The maximum atomic E-state index is 14.0. The Balaban J connectivity index is 1.74. The van der Waals surface area contributed by atoms with E-state index in [1.54, 1.807) is 6.07 Å². The second kappa shape index (κ2) is 5.78. The summed E-state index contributed by atoms with van der Waals surface area (Å²) in [7, 11) is 0. The van der Waals surface area contributed by atoms with E-state index in [0.717, 1.165) is 45.2 Å². The third kappa shape index (κ3) is 2.72. The topological polar surface area (TPSA) is 12.5 Å². The molecule has 2 aliphatic rings. The predicted octanol–water partition coefficient (Wildman–Crippen LogP) is 3.18. The molecule has 0 saturated carbocycles. The third-order valence-corrected chi connectivity index (χ3v) is 4.71. The fourth-order valence-corrected chi connectivity index (χ4v) is 3.56. The van der Waals surface area contributed by atoms with Gasteiger partial charge in [-0.2, -0.15) is 0 Å². The van der Waals surface area contributed by atoms with Crippen molar-refractivity contribution in [2.45, 2.75) is 31.7 Å². The van der Waals surface area contributed by atoms with Crippen LogP contribution < -0.4 is 0 Å². The molecule has 0 unspecified atom stereocenters. The van der Waals surface area contributed by atoms with E-state index in [1.807, 2.05) is 0 Å². The van der Waals surface area contributed by atoms with Crippen molar-refractivity contribution in [3.8, 4) is 0 Å². The SMILES string of the molecule is C[C@@H]1CN(C2CCOCC2)C[C@H]1c1ccc(F)cc1F. The van der Waals surface area contributed by atoms with Gasteiger partial charge in [0.25, 0.3) is 0 Å². The van der Waals surface area contributed by atoms with Crippen LogP contribution in [0.15, 0.2) is 18.2 Å². The first-order chi connectivity index (χ1) is 9.65. The zero-order chi connectivity index (χ0) is 14.1. The van der Waals surface area contributed by atoms with Crippen LogP contribution in [0, 0.1) is 17.6 Å². The van der Waals surface area contributed by atoms with Gasteiger partial charge in [-0.1, -0.05) is 13.0 Å². The van der Waals surface area contributed by atoms with Crippen molar-refractivity contribution < 1.29 is 13.5 Å². The number of nitrogens with zero attached hydrogens (tertiary/aromatic N) is 1. The summed E-state index contributed by atoms with van der Waals surface area (Å²) in [5, 5.41) is 0. The van der Waals surface area contributed by atoms with Gasteiger partial charge in [0, 0.05) is 44.3 Å². The largest absolute Gasteiger partial charge is 0.381 e. The minimum Gasteiger partial charge on any atom is -0.381 e. The molecule has 0 amide bonds. The van der Waals surface area contributed by atoms with E-state index in [0.29, 0.717) is 17.5 Å². The maximum absolute atomic E-state index is 14.0. The van der Waals surface area contributed by atoms with Crippen LogP contribution >= 0.6 is 0 Å². The first-order valence-electron chi connectivity index (χ1n) is 7.42. The molecule has 110 valence electrons. The summed E-state index contributed by atoms with van der Waals surface area (Å²) in [6.07, 6.45) is 2.12. The van der Waals surface area contributed by atoms with Gasteiger partial charge >= 0.3 is 0 Å². The van der Waals surface area contributed by atoms with E-state index in [1.165, 1.54) is 6.07 Å². The molecule has 3 rings (SSSR count). The van der Waals surface area contributed by atoms with Gasteiger partial charge in [0.05, 0.1) is 0 Å². The molecule has 2 heterocycles. The summed E-state index contributed by atoms with van der Waals surface area (Å²) in [4.78, 5) is 2.46. The molecule has 0 spiro atoms. The lowest BCUT2D eigenvalue weighted by Gasteiger charge is -2.31. The van der Waals surface area contributed by atoms with Crippen LogP contribution in [0.5, 0.6) is 0 Å². The van der Waals surface area contributed by atoms with Crippen molar-refractivity contribution in [2.24, 2.45) is 5.92 Å². The first-order valence-corrected chi connectivity index (χ1v) is 7.42. The average molecular weight is 281 g/mol. The van der Waals surface area contributed by atoms with Crippen LogP contribution in [0.2, 0.25) is 0 Å². The van der Waals surface area contributed by atoms with Gasteiger partial charge < -0.3 is 4.74 Å². The summed E-state index contributed by atoms with van der Waals surface area (Å²) in [5.41, 5.74) is 0.661. The smallest absolute Gasteiger partial charge is 0.129 e. The van der Waals surface area contributed by atoms with Gasteiger partial charge in [-0.3, -0.25) is 4.90 Å². The van der Waals surface area contributed by atoms with Crippen LogP contribution in [-0.2, 0) is 4.74 Å². The van der Waals surface area contributed by atoms with Crippen LogP contribution in [-0.4, -0.2) is 37.2 Å². The monoisotopic (exact) mass is 281 g/mol. The van der Waals surface area contributed by atoms with Crippen molar-refractivity contribution in [1.29, 1.82) is 0 Å². The van der Waals surface area contributed by atoms with E-state index in [-0.39, 0.29) is 5.92 Å². The molecule has 2 nitrogen and oxygen atoms in total. The zero-order valence-corrected chi connectivity index (χ0v) is 11.8. The quantitative estimate of drug-likeness (QED) is 0.825. The minimum absolute atomic E-state index is 0.165. The molecule has 0 N–H and O–H groups in total. The Kier molecular flexibility index (Phi) is 4.03. The lowest BCUT2D eigenvalue weighted by molar-refractivity contribution is 0.0410. The van der Waals surface area contributed by atoms with Crippen molar-refractivity contribution in [3.63, 3.8) is 0 Å². The summed E-state index contributed by atoms with van der Waals surface area (Å²) in [6, 6.07) is 4.53. The van der Waals surface area contributed by atoms with Gasteiger partial charge in [-0.05, 0) is 30.4 Å². The Labute approximate surface area is 118 Å². The molecule has 0 aliphatic carbocycles. The fourth-order valence-electron chi connectivity index (χ4n) is 3.56. The third-order valence-electron chi connectivity index (χ3n) is 4.71. The van der Waals surface area contributed by atoms with Crippen LogP contribution in [0.4, 0.5) is 8.78 Å². The normalized spacial score (nSPS) is 28.9. The van der Waals surface area contributed by atoms with Gasteiger partial charge in [-0.15, -0.1) is 0 Å². The number of ether oxygens (including phenoxy) is 1. The molecule has 20 heavy (non-hydrogen) atoms. The Morgan fingerprint density at radius 2 is 1.90 bits per heavy atom. The van der Waals surface area contributed by atoms with Crippen molar-refractivity contribution >= 4 is 0 Å². The lowest BCUT2D eigenvalue weighted by atomic mass is 9.90. The standard InChI is InChI=1S/C16H21F2NO/c1-11-9-19(13-4-6-20-7-5-13)10-15(11)14-3-2-12(17)8-16(14)18/h2-3,8,11,13,15H,4-7,9-10H2,1H3/t11-,15-/m1/s1. The van der Waals surface area contributed by atoms with Crippen molar-refractivity contribution in [1.82, 2.24) is 4.90 Å². The molecule has 0 radical (unpaired) electrons. The van der Waals surface area contributed by atoms with Gasteiger partial charge in [-0.25, -0.2) is 8.78 Å². The van der Waals surface area contributed by atoms with Gasteiger partial charge in [0.15, 0.2) is 0 Å². The number of halogens is 2. The summed E-state index contributed by atoms with van der Waals surface area (Å²) < 4.78 is 32.4. The molecule has 2 fully saturated rings. The Hall–Kier alpha value is -1.00. The molecular formula is C16H21F2NO. The zero-order valence-electron chi connectivity index (χ0n) is 11.8. The van der Waals surface area contributed by atoms with Crippen molar-refractivity contribution in [2.75, 3.05) is 26.3 Å². The number of hydrogen-bond acceptors (Lipinski definition) is 2. The van der Waals surface area contributed by atoms with Crippen LogP contribution in [0.1, 0.15) is 31.2 Å². The second-order valence-electron chi connectivity index (χ2n) is 6.05. The lowest BCUT2D eigenvalue weighted by Crippen LogP contribution is -2.38. The highest BCUT2D eigenvalue weighted by atomic mass is 19.1. The van der Waals surface area contributed by atoms with E-state index < -0.39 is 11.6 Å². The van der Waals surface area contributed by atoms with Gasteiger partial charge in [0.2, 0.25) is 0 Å². The second-order valence-corrected chi connectivity index (χ2v) is 6.05. The molecule has 1 aromatic rings. The summed E-state index contributed by atoms with van der Waals surface area (Å²) >= 11 is 0. The van der Waals surface area contributed by atoms with Gasteiger partial charge in [0.1, 0.15) is 11.6 Å². The predicted molar refractivity (Wildman–Crippen MR) is 73.7 cm³/mol. The molecule has 2 atom stereocenters. The first kappa shape index (κ1) is 14.0. The van der Waals surface area contributed by atoms with E-state index >= 15 is 0 Å². The minimum atomic E-state index is -0.502. The Morgan fingerprint density at radius 1 is 1.15 bits per heavy atom. The average Bonchev–Trinajstić information content (AvgIpc) is 2.82. The van der Waals surface area contributed by atoms with E-state index in [4.69, 9.17) is 4.74 Å². The number of hydrogen-bond donors (Lipinski definition) is 0. The van der Waals surface area contributed by atoms with E-state index in [2.05, 4.69) is 11.8 Å². The molecule has 4 heteroatoms. The highest BCUT2D eigenvalue weighted by Crippen LogP contribution is 2.36. The number of likely N-dealkylation sites (tertiary alicyclic amines) is 1. The summed E-state index contributed by atoms with van der Waals surface area (Å²) in [5.74, 6) is -0.342. The molecule has 0 bridgehead atoms. The Bertz CT molecular complexity index is 474. The summed E-state index contributed by atoms with van der Waals surface area (Å²) in [6.45, 7) is 5.67.